The smallest absolute Gasteiger partial charge is 0.225 e. The molecule has 0 fully saturated rings. The molecule has 0 atom stereocenters. The molecular formula is C20H19N5. The number of rotatable bonds is 5. The molecule has 124 valence electrons. The van der Waals surface area contributed by atoms with Crippen molar-refractivity contribution in [2.45, 2.75) is 19.9 Å². The Morgan fingerprint density at radius 3 is 2.32 bits per heavy atom. The van der Waals surface area contributed by atoms with Gasteiger partial charge >= 0.3 is 0 Å². The molecule has 0 aliphatic heterocycles. The van der Waals surface area contributed by atoms with Crippen LogP contribution in [0.2, 0.25) is 0 Å². The third-order valence-corrected chi connectivity index (χ3v) is 3.50. The molecule has 3 aromatic rings. The highest BCUT2D eigenvalue weighted by Gasteiger charge is 2.08. The predicted octanol–water partition coefficient (Wildman–Crippen LogP) is 4.58. The first kappa shape index (κ1) is 16.5. The van der Waals surface area contributed by atoms with Crippen LogP contribution < -0.4 is 10.6 Å². The van der Waals surface area contributed by atoms with E-state index in [2.05, 4.69) is 26.7 Å². The lowest BCUT2D eigenvalue weighted by Gasteiger charge is -2.13. The lowest BCUT2D eigenvalue weighted by molar-refractivity contribution is 0.876. The van der Waals surface area contributed by atoms with Crippen molar-refractivity contribution in [1.82, 2.24) is 9.97 Å². The SMILES string of the molecule is CC(C)Nc1nc(Nc2ccc(C#N)cc2)cc(-c2ccccc2)n1. The van der Waals surface area contributed by atoms with Gasteiger partial charge < -0.3 is 10.6 Å². The fourth-order valence-electron chi connectivity index (χ4n) is 2.37. The first-order valence-corrected chi connectivity index (χ1v) is 8.12. The van der Waals surface area contributed by atoms with E-state index in [-0.39, 0.29) is 6.04 Å². The zero-order valence-electron chi connectivity index (χ0n) is 14.2. The molecule has 3 rings (SSSR count). The zero-order valence-corrected chi connectivity index (χ0v) is 14.2. The molecule has 1 aromatic heterocycles. The first-order valence-electron chi connectivity index (χ1n) is 8.12. The summed E-state index contributed by atoms with van der Waals surface area (Å²) in [5.41, 5.74) is 3.36. The van der Waals surface area contributed by atoms with Crippen LogP contribution in [0.25, 0.3) is 11.3 Å². The van der Waals surface area contributed by atoms with Crippen LogP contribution in [0.15, 0.2) is 60.7 Å². The summed E-state index contributed by atoms with van der Waals surface area (Å²) < 4.78 is 0. The quantitative estimate of drug-likeness (QED) is 0.717. The minimum absolute atomic E-state index is 0.230. The molecule has 0 saturated heterocycles. The van der Waals surface area contributed by atoms with E-state index in [1.165, 1.54) is 0 Å². The second-order valence-electron chi connectivity index (χ2n) is 5.94. The third kappa shape index (κ3) is 4.33. The molecule has 2 N–H and O–H groups in total. The van der Waals surface area contributed by atoms with Crippen molar-refractivity contribution in [3.63, 3.8) is 0 Å². The minimum Gasteiger partial charge on any atom is -0.352 e. The van der Waals surface area contributed by atoms with E-state index in [1.54, 1.807) is 12.1 Å². The minimum atomic E-state index is 0.230. The van der Waals surface area contributed by atoms with Gasteiger partial charge in [0.2, 0.25) is 5.95 Å². The van der Waals surface area contributed by atoms with Gasteiger partial charge in [-0.25, -0.2) is 4.98 Å². The molecule has 0 spiro atoms. The summed E-state index contributed by atoms with van der Waals surface area (Å²) in [5, 5.41) is 15.4. The Balaban J connectivity index is 1.95. The Morgan fingerprint density at radius 2 is 1.68 bits per heavy atom. The monoisotopic (exact) mass is 329 g/mol. The van der Waals surface area contributed by atoms with Gasteiger partial charge in [-0.1, -0.05) is 30.3 Å². The van der Waals surface area contributed by atoms with Crippen LogP contribution in [0, 0.1) is 11.3 Å². The molecule has 0 amide bonds. The predicted molar refractivity (Wildman–Crippen MR) is 101 cm³/mol. The highest BCUT2D eigenvalue weighted by molar-refractivity contribution is 5.67. The maximum atomic E-state index is 8.90. The summed E-state index contributed by atoms with van der Waals surface area (Å²) in [5.74, 6) is 1.27. The van der Waals surface area contributed by atoms with Gasteiger partial charge in [0.15, 0.2) is 0 Å². The van der Waals surface area contributed by atoms with Gasteiger partial charge in [-0.15, -0.1) is 0 Å². The van der Waals surface area contributed by atoms with Crippen LogP contribution >= 0.6 is 0 Å². The molecule has 25 heavy (non-hydrogen) atoms. The third-order valence-electron chi connectivity index (χ3n) is 3.50. The van der Waals surface area contributed by atoms with Gasteiger partial charge in [0.25, 0.3) is 0 Å². The number of hydrogen-bond donors (Lipinski definition) is 2. The lowest BCUT2D eigenvalue weighted by Crippen LogP contribution is -2.13. The van der Waals surface area contributed by atoms with Gasteiger partial charge in [-0.05, 0) is 38.1 Å². The van der Waals surface area contributed by atoms with E-state index < -0.39 is 0 Å². The fourth-order valence-corrected chi connectivity index (χ4v) is 2.37. The van der Waals surface area contributed by atoms with E-state index >= 15 is 0 Å². The van der Waals surface area contributed by atoms with Crippen molar-refractivity contribution in [3.05, 3.63) is 66.2 Å². The second-order valence-corrected chi connectivity index (χ2v) is 5.94. The van der Waals surface area contributed by atoms with Crippen LogP contribution in [0.4, 0.5) is 17.5 Å². The average Bonchev–Trinajstić information content (AvgIpc) is 2.62. The first-order chi connectivity index (χ1) is 12.1. The van der Waals surface area contributed by atoms with E-state index in [0.717, 1.165) is 16.9 Å². The number of aromatic nitrogens is 2. The normalized spacial score (nSPS) is 10.3. The second kappa shape index (κ2) is 7.45. The van der Waals surface area contributed by atoms with E-state index in [1.807, 2.05) is 62.4 Å². The van der Waals surface area contributed by atoms with Crippen molar-refractivity contribution < 1.29 is 0 Å². The Bertz CT molecular complexity index is 880. The van der Waals surface area contributed by atoms with Crippen LogP contribution in [0.5, 0.6) is 0 Å². The number of benzene rings is 2. The molecule has 0 unspecified atom stereocenters. The summed E-state index contributed by atoms with van der Waals surface area (Å²) >= 11 is 0. The molecule has 0 aliphatic carbocycles. The van der Waals surface area contributed by atoms with Gasteiger partial charge in [-0.2, -0.15) is 10.2 Å². The standard InChI is InChI=1S/C20H19N5/c1-14(2)22-20-24-18(16-6-4-3-5-7-16)12-19(25-20)23-17-10-8-15(13-21)9-11-17/h3-12,14H,1-2H3,(H2,22,23,24,25). The molecule has 2 aromatic carbocycles. The van der Waals surface area contributed by atoms with Crippen LogP contribution in [0.3, 0.4) is 0 Å². The largest absolute Gasteiger partial charge is 0.352 e. The summed E-state index contributed by atoms with van der Waals surface area (Å²) in [7, 11) is 0. The zero-order chi connectivity index (χ0) is 17.6. The molecular weight excluding hydrogens is 310 g/mol. The Kier molecular flexibility index (Phi) is 4.91. The van der Waals surface area contributed by atoms with Gasteiger partial charge in [-0.3, -0.25) is 0 Å². The van der Waals surface area contributed by atoms with Crippen LogP contribution in [-0.4, -0.2) is 16.0 Å². The molecule has 0 aliphatic rings. The topological polar surface area (TPSA) is 73.6 Å². The number of hydrogen-bond acceptors (Lipinski definition) is 5. The Labute approximate surface area is 147 Å². The van der Waals surface area contributed by atoms with Crippen molar-refractivity contribution in [1.29, 1.82) is 5.26 Å². The highest BCUT2D eigenvalue weighted by Crippen LogP contribution is 2.24. The summed E-state index contributed by atoms with van der Waals surface area (Å²) in [6, 6.07) is 21.5. The van der Waals surface area contributed by atoms with Crippen LogP contribution in [-0.2, 0) is 0 Å². The summed E-state index contributed by atoms with van der Waals surface area (Å²) in [6.45, 7) is 4.10. The number of nitrogens with zero attached hydrogens (tertiary/aromatic N) is 3. The maximum absolute atomic E-state index is 8.90. The Hall–Kier alpha value is -3.39. The van der Waals surface area contributed by atoms with Crippen LogP contribution in [0.1, 0.15) is 19.4 Å². The molecule has 5 heteroatoms. The number of nitrogens with one attached hydrogen (secondary N) is 2. The van der Waals surface area contributed by atoms with Crippen molar-refractivity contribution >= 4 is 17.5 Å². The van der Waals surface area contributed by atoms with Gasteiger partial charge in [0.05, 0.1) is 17.3 Å². The summed E-state index contributed by atoms with van der Waals surface area (Å²) in [6.07, 6.45) is 0. The molecule has 0 bridgehead atoms. The van der Waals surface area contributed by atoms with E-state index in [0.29, 0.717) is 17.3 Å². The number of anilines is 3. The highest BCUT2D eigenvalue weighted by atomic mass is 15.2. The van der Waals surface area contributed by atoms with Crippen molar-refractivity contribution in [3.8, 4) is 17.3 Å². The van der Waals surface area contributed by atoms with Gasteiger partial charge in [0.1, 0.15) is 5.82 Å². The fraction of sp³-hybridized carbons (Fsp3) is 0.150. The van der Waals surface area contributed by atoms with E-state index in [9.17, 15) is 0 Å². The van der Waals surface area contributed by atoms with Crippen molar-refractivity contribution in [2.24, 2.45) is 0 Å². The van der Waals surface area contributed by atoms with Gasteiger partial charge in [0, 0.05) is 23.4 Å². The maximum Gasteiger partial charge on any atom is 0.225 e. The average molecular weight is 329 g/mol. The summed E-state index contributed by atoms with van der Waals surface area (Å²) in [4.78, 5) is 9.15. The molecule has 5 nitrogen and oxygen atoms in total. The number of nitriles is 1. The Morgan fingerprint density at radius 1 is 0.960 bits per heavy atom. The van der Waals surface area contributed by atoms with E-state index in [4.69, 9.17) is 5.26 Å². The molecule has 0 radical (unpaired) electrons. The lowest BCUT2D eigenvalue weighted by atomic mass is 10.1. The molecule has 1 heterocycles. The molecule has 0 saturated carbocycles. The van der Waals surface area contributed by atoms with Crippen molar-refractivity contribution in [2.75, 3.05) is 10.6 Å².